The molecule has 104 valence electrons. The summed E-state index contributed by atoms with van der Waals surface area (Å²) in [7, 11) is 0. The first kappa shape index (κ1) is 15.1. The molecule has 0 spiro atoms. The van der Waals surface area contributed by atoms with E-state index in [4.69, 9.17) is 14.6 Å². The fourth-order valence-electron chi connectivity index (χ4n) is 2.05. The van der Waals surface area contributed by atoms with Crippen molar-refractivity contribution in [1.82, 2.24) is 4.90 Å². The number of carbonyl (C=O) groups excluding carboxylic acids is 2. The van der Waals surface area contributed by atoms with Gasteiger partial charge in [-0.25, -0.2) is 0 Å². The summed E-state index contributed by atoms with van der Waals surface area (Å²) < 4.78 is 10.2. The van der Waals surface area contributed by atoms with E-state index in [1.165, 1.54) is 0 Å². The number of hydrogen-bond acceptors (Lipinski definition) is 6. The topological polar surface area (TPSA) is 76.1 Å². The number of aliphatic hydroxyl groups excluding tert-OH is 1. The second-order valence-electron chi connectivity index (χ2n) is 4.47. The van der Waals surface area contributed by atoms with E-state index in [0.717, 1.165) is 0 Å². The maximum Gasteiger partial charge on any atom is 0.313 e. The van der Waals surface area contributed by atoms with Crippen LogP contribution in [0.2, 0.25) is 0 Å². The summed E-state index contributed by atoms with van der Waals surface area (Å²) in [5.74, 6) is -0.651. The van der Waals surface area contributed by atoms with Gasteiger partial charge in [0.1, 0.15) is 6.42 Å². The SMILES string of the molecule is CCOC(=O)CC(=O)CN1CC(C)OC(CO)C1. The first-order valence-electron chi connectivity index (χ1n) is 6.21. The van der Waals surface area contributed by atoms with Crippen molar-refractivity contribution in [3.05, 3.63) is 0 Å². The summed E-state index contributed by atoms with van der Waals surface area (Å²) in [6, 6.07) is 0. The van der Waals surface area contributed by atoms with Crippen molar-refractivity contribution >= 4 is 11.8 Å². The van der Waals surface area contributed by atoms with Gasteiger partial charge in [0.25, 0.3) is 0 Å². The average Bonchev–Trinajstić information content (AvgIpc) is 2.27. The number of ketones is 1. The van der Waals surface area contributed by atoms with Crippen LogP contribution in [0.25, 0.3) is 0 Å². The van der Waals surface area contributed by atoms with Gasteiger partial charge >= 0.3 is 5.97 Å². The Bertz CT molecular complexity index is 294. The molecule has 1 aliphatic heterocycles. The van der Waals surface area contributed by atoms with Crippen LogP contribution in [0, 0.1) is 0 Å². The molecular formula is C12H21NO5. The van der Waals surface area contributed by atoms with Gasteiger partial charge in [-0.3, -0.25) is 14.5 Å². The van der Waals surface area contributed by atoms with E-state index < -0.39 is 5.97 Å². The third kappa shape index (κ3) is 5.12. The van der Waals surface area contributed by atoms with Gasteiger partial charge in [-0.2, -0.15) is 0 Å². The molecule has 0 radical (unpaired) electrons. The number of hydrogen-bond donors (Lipinski definition) is 1. The normalized spacial score (nSPS) is 24.8. The van der Waals surface area contributed by atoms with Gasteiger partial charge in [0.15, 0.2) is 5.78 Å². The largest absolute Gasteiger partial charge is 0.466 e. The van der Waals surface area contributed by atoms with Crippen LogP contribution in [-0.4, -0.2) is 66.8 Å². The van der Waals surface area contributed by atoms with Crippen LogP contribution in [0.1, 0.15) is 20.3 Å². The monoisotopic (exact) mass is 259 g/mol. The van der Waals surface area contributed by atoms with Gasteiger partial charge in [-0.15, -0.1) is 0 Å². The molecule has 18 heavy (non-hydrogen) atoms. The Morgan fingerprint density at radius 2 is 2.17 bits per heavy atom. The number of aliphatic hydroxyl groups is 1. The third-order valence-electron chi connectivity index (χ3n) is 2.65. The molecule has 6 heteroatoms. The lowest BCUT2D eigenvalue weighted by atomic mass is 10.2. The van der Waals surface area contributed by atoms with Crippen LogP contribution in [0.4, 0.5) is 0 Å². The summed E-state index contributed by atoms with van der Waals surface area (Å²) in [5, 5.41) is 9.07. The first-order chi connectivity index (χ1) is 8.55. The van der Waals surface area contributed by atoms with Gasteiger partial charge in [0.2, 0.25) is 0 Å². The van der Waals surface area contributed by atoms with Gasteiger partial charge in [-0.05, 0) is 13.8 Å². The van der Waals surface area contributed by atoms with Crippen molar-refractivity contribution in [2.45, 2.75) is 32.5 Å². The van der Waals surface area contributed by atoms with E-state index in [2.05, 4.69) is 0 Å². The van der Waals surface area contributed by atoms with Crippen LogP contribution in [0.3, 0.4) is 0 Å². The lowest BCUT2D eigenvalue weighted by Crippen LogP contribution is -2.49. The first-order valence-corrected chi connectivity index (χ1v) is 6.21. The molecule has 2 atom stereocenters. The van der Waals surface area contributed by atoms with Crippen LogP contribution >= 0.6 is 0 Å². The highest BCUT2D eigenvalue weighted by Crippen LogP contribution is 2.10. The minimum absolute atomic E-state index is 0.0220. The Balaban J connectivity index is 2.36. The molecule has 0 aliphatic carbocycles. The second-order valence-corrected chi connectivity index (χ2v) is 4.47. The Labute approximate surface area is 107 Å². The molecule has 0 bridgehead atoms. The summed E-state index contributed by atoms with van der Waals surface area (Å²) in [6.07, 6.45) is -0.473. The Morgan fingerprint density at radius 1 is 1.44 bits per heavy atom. The highest BCUT2D eigenvalue weighted by Gasteiger charge is 2.26. The van der Waals surface area contributed by atoms with Crippen molar-refractivity contribution in [2.24, 2.45) is 0 Å². The maximum atomic E-state index is 11.7. The number of nitrogens with zero attached hydrogens (tertiary/aromatic N) is 1. The van der Waals surface area contributed by atoms with E-state index in [1.807, 2.05) is 11.8 Å². The molecule has 1 aliphatic rings. The van der Waals surface area contributed by atoms with Gasteiger partial charge in [0.05, 0.1) is 32.0 Å². The number of carbonyl (C=O) groups is 2. The predicted molar refractivity (Wildman–Crippen MR) is 64.1 cm³/mol. The van der Waals surface area contributed by atoms with Crippen LogP contribution in [-0.2, 0) is 19.1 Å². The average molecular weight is 259 g/mol. The Morgan fingerprint density at radius 3 is 2.78 bits per heavy atom. The van der Waals surface area contributed by atoms with Crippen molar-refractivity contribution in [3.63, 3.8) is 0 Å². The quantitative estimate of drug-likeness (QED) is 0.516. The van der Waals surface area contributed by atoms with E-state index >= 15 is 0 Å². The number of rotatable bonds is 6. The van der Waals surface area contributed by atoms with Gasteiger partial charge in [-0.1, -0.05) is 0 Å². The molecule has 0 saturated carbocycles. The lowest BCUT2D eigenvalue weighted by molar-refractivity contribution is -0.146. The number of esters is 1. The zero-order valence-corrected chi connectivity index (χ0v) is 10.9. The second kappa shape index (κ2) is 7.45. The highest BCUT2D eigenvalue weighted by molar-refractivity contribution is 5.96. The lowest BCUT2D eigenvalue weighted by Gasteiger charge is -2.35. The fourth-order valence-corrected chi connectivity index (χ4v) is 2.05. The smallest absolute Gasteiger partial charge is 0.313 e. The third-order valence-corrected chi connectivity index (χ3v) is 2.65. The molecule has 0 amide bonds. The molecule has 1 N–H and O–H groups in total. The van der Waals surface area contributed by atoms with Gasteiger partial charge in [0, 0.05) is 13.1 Å². The van der Waals surface area contributed by atoms with Crippen molar-refractivity contribution < 1.29 is 24.2 Å². The molecule has 1 fully saturated rings. The van der Waals surface area contributed by atoms with Crippen LogP contribution in [0.5, 0.6) is 0 Å². The standard InChI is InChI=1S/C12H21NO5/c1-3-17-12(16)4-10(15)6-13-5-9(2)18-11(7-13)8-14/h9,11,14H,3-8H2,1-2H3. The fraction of sp³-hybridized carbons (Fsp3) is 0.833. The molecule has 1 heterocycles. The molecule has 0 aromatic carbocycles. The summed E-state index contributed by atoms with van der Waals surface area (Å²) >= 11 is 0. The minimum atomic E-state index is -0.484. The van der Waals surface area contributed by atoms with Crippen LogP contribution in [0.15, 0.2) is 0 Å². The Hall–Kier alpha value is -0.980. The molecule has 0 aromatic heterocycles. The highest BCUT2D eigenvalue weighted by atomic mass is 16.5. The summed E-state index contributed by atoms with van der Waals surface area (Å²) in [4.78, 5) is 24.7. The molecular weight excluding hydrogens is 238 g/mol. The Kier molecular flexibility index (Phi) is 6.24. The number of morpholine rings is 1. The number of ether oxygens (including phenoxy) is 2. The molecule has 6 nitrogen and oxygen atoms in total. The van der Waals surface area contributed by atoms with Crippen LogP contribution < -0.4 is 0 Å². The molecule has 0 aromatic rings. The zero-order chi connectivity index (χ0) is 13.5. The minimum Gasteiger partial charge on any atom is -0.466 e. The van der Waals surface area contributed by atoms with Crippen molar-refractivity contribution in [2.75, 3.05) is 32.8 Å². The summed E-state index contributed by atoms with van der Waals surface area (Å²) in [5.41, 5.74) is 0. The maximum absolute atomic E-state index is 11.7. The van der Waals surface area contributed by atoms with E-state index in [-0.39, 0.29) is 44.2 Å². The van der Waals surface area contributed by atoms with Crippen molar-refractivity contribution in [1.29, 1.82) is 0 Å². The van der Waals surface area contributed by atoms with E-state index in [0.29, 0.717) is 13.1 Å². The predicted octanol–water partition coefficient (Wildman–Crippen LogP) is -0.410. The van der Waals surface area contributed by atoms with E-state index in [1.54, 1.807) is 6.92 Å². The number of Topliss-reactive ketones (excluding diaryl/α,β-unsaturated/α-hetero) is 1. The van der Waals surface area contributed by atoms with E-state index in [9.17, 15) is 9.59 Å². The molecule has 1 saturated heterocycles. The van der Waals surface area contributed by atoms with Crippen molar-refractivity contribution in [3.8, 4) is 0 Å². The van der Waals surface area contributed by atoms with Gasteiger partial charge < -0.3 is 14.6 Å². The zero-order valence-electron chi connectivity index (χ0n) is 10.9. The molecule has 2 unspecified atom stereocenters. The molecule has 1 rings (SSSR count). The summed E-state index contributed by atoms with van der Waals surface area (Å²) in [6.45, 7) is 5.16.